The normalized spacial score (nSPS) is 30.7. The summed E-state index contributed by atoms with van der Waals surface area (Å²) in [6.45, 7) is 0.845. The van der Waals surface area contributed by atoms with Crippen LogP contribution in [-0.2, 0) is 4.74 Å². The molecular formula is C9H16O2. The van der Waals surface area contributed by atoms with Crippen molar-refractivity contribution in [2.24, 2.45) is 5.41 Å². The highest BCUT2D eigenvalue weighted by Crippen LogP contribution is 2.30. The Morgan fingerprint density at radius 3 is 2.91 bits per heavy atom. The van der Waals surface area contributed by atoms with Crippen LogP contribution in [0.5, 0.6) is 0 Å². The number of ether oxygens (including phenoxy) is 1. The van der Waals surface area contributed by atoms with Crippen molar-refractivity contribution in [1.82, 2.24) is 0 Å². The van der Waals surface area contributed by atoms with Crippen LogP contribution in [0.15, 0.2) is 12.2 Å². The summed E-state index contributed by atoms with van der Waals surface area (Å²) in [7, 11) is 1.68. The summed E-state index contributed by atoms with van der Waals surface area (Å²) in [6, 6.07) is 0. The Hall–Kier alpha value is -0.340. The molecule has 0 spiro atoms. The van der Waals surface area contributed by atoms with E-state index in [0.717, 1.165) is 12.8 Å². The minimum atomic E-state index is -0.0764. The van der Waals surface area contributed by atoms with Crippen molar-refractivity contribution < 1.29 is 9.84 Å². The van der Waals surface area contributed by atoms with Crippen LogP contribution >= 0.6 is 0 Å². The lowest BCUT2D eigenvalue weighted by Crippen LogP contribution is -2.29. The fourth-order valence-corrected chi connectivity index (χ4v) is 1.57. The van der Waals surface area contributed by atoms with Gasteiger partial charge in [0.15, 0.2) is 0 Å². The van der Waals surface area contributed by atoms with Crippen molar-refractivity contribution in [2.45, 2.75) is 19.3 Å². The second-order valence-electron chi connectivity index (χ2n) is 3.25. The first kappa shape index (κ1) is 8.75. The van der Waals surface area contributed by atoms with Crippen molar-refractivity contribution >= 4 is 0 Å². The molecule has 0 saturated carbocycles. The number of hydrogen-bond donors (Lipinski definition) is 1. The van der Waals surface area contributed by atoms with Gasteiger partial charge >= 0.3 is 0 Å². The molecule has 2 heteroatoms. The molecule has 11 heavy (non-hydrogen) atoms. The van der Waals surface area contributed by atoms with Gasteiger partial charge in [0.05, 0.1) is 13.2 Å². The van der Waals surface area contributed by atoms with Crippen molar-refractivity contribution in [3.63, 3.8) is 0 Å². The van der Waals surface area contributed by atoms with Crippen molar-refractivity contribution in [2.75, 3.05) is 20.3 Å². The first-order chi connectivity index (χ1) is 5.33. The third-order valence-corrected chi connectivity index (χ3v) is 2.26. The Labute approximate surface area is 67.9 Å². The van der Waals surface area contributed by atoms with Gasteiger partial charge < -0.3 is 9.84 Å². The molecule has 0 amide bonds. The molecule has 0 aromatic rings. The lowest BCUT2D eigenvalue weighted by Gasteiger charge is -2.30. The lowest BCUT2D eigenvalue weighted by molar-refractivity contribution is 0.0526. The van der Waals surface area contributed by atoms with Gasteiger partial charge in [0.25, 0.3) is 0 Å². The molecule has 0 bridgehead atoms. The van der Waals surface area contributed by atoms with Crippen molar-refractivity contribution in [3.05, 3.63) is 12.2 Å². The summed E-state index contributed by atoms with van der Waals surface area (Å²) >= 11 is 0. The zero-order valence-electron chi connectivity index (χ0n) is 7.05. The Bertz CT molecular complexity index is 142. The SMILES string of the molecule is COCC1(CO)C=CCCC1. The molecule has 0 aliphatic heterocycles. The van der Waals surface area contributed by atoms with Gasteiger partial charge in [-0.25, -0.2) is 0 Å². The third kappa shape index (κ3) is 2.04. The van der Waals surface area contributed by atoms with Gasteiger partial charge in [0, 0.05) is 12.5 Å². The molecule has 1 unspecified atom stereocenters. The summed E-state index contributed by atoms with van der Waals surface area (Å²) in [5, 5.41) is 9.14. The second kappa shape index (κ2) is 3.88. The van der Waals surface area contributed by atoms with Crippen LogP contribution in [0.25, 0.3) is 0 Å². The summed E-state index contributed by atoms with van der Waals surface area (Å²) in [5.74, 6) is 0. The molecule has 1 atom stereocenters. The molecule has 1 N–H and O–H groups in total. The number of hydrogen-bond acceptors (Lipinski definition) is 2. The number of aliphatic hydroxyl groups excluding tert-OH is 1. The van der Waals surface area contributed by atoms with Gasteiger partial charge in [0.1, 0.15) is 0 Å². The smallest absolute Gasteiger partial charge is 0.0575 e. The highest BCUT2D eigenvalue weighted by Gasteiger charge is 2.27. The summed E-state index contributed by atoms with van der Waals surface area (Å²) < 4.78 is 5.06. The second-order valence-corrected chi connectivity index (χ2v) is 3.25. The number of aliphatic hydroxyl groups is 1. The average molecular weight is 156 g/mol. The lowest BCUT2D eigenvalue weighted by atomic mass is 9.80. The molecule has 0 heterocycles. The van der Waals surface area contributed by atoms with Crippen LogP contribution in [-0.4, -0.2) is 25.4 Å². The number of allylic oxidation sites excluding steroid dienone is 1. The highest BCUT2D eigenvalue weighted by molar-refractivity contribution is 5.03. The monoisotopic (exact) mass is 156 g/mol. The van der Waals surface area contributed by atoms with Crippen LogP contribution in [0, 0.1) is 5.41 Å². The van der Waals surface area contributed by atoms with Gasteiger partial charge in [-0.3, -0.25) is 0 Å². The quantitative estimate of drug-likeness (QED) is 0.625. The number of rotatable bonds is 3. The van der Waals surface area contributed by atoms with E-state index >= 15 is 0 Å². The van der Waals surface area contributed by atoms with E-state index in [1.54, 1.807) is 7.11 Å². The van der Waals surface area contributed by atoms with Gasteiger partial charge in [-0.2, -0.15) is 0 Å². The highest BCUT2D eigenvalue weighted by atomic mass is 16.5. The molecule has 0 saturated heterocycles. The maximum absolute atomic E-state index is 9.14. The van der Waals surface area contributed by atoms with Crippen LogP contribution in [0.4, 0.5) is 0 Å². The molecule has 0 fully saturated rings. The molecule has 64 valence electrons. The van der Waals surface area contributed by atoms with Crippen molar-refractivity contribution in [1.29, 1.82) is 0 Å². The topological polar surface area (TPSA) is 29.5 Å². The van der Waals surface area contributed by atoms with Crippen LogP contribution in [0.2, 0.25) is 0 Å². The first-order valence-corrected chi connectivity index (χ1v) is 4.10. The predicted molar refractivity (Wildman–Crippen MR) is 44.4 cm³/mol. The van der Waals surface area contributed by atoms with E-state index in [-0.39, 0.29) is 12.0 Å². The van der Waals surface area contributed by atoms with Crippen molar-refractivity contribution in [3.8, 4) is 0 Å². The summed E-state index contributed by atoms with van der Waals surface area (Å²) in [6.07, 6.45) is 7.60. The minimum absolute atomic E-state index is 0.0764. The Morgan fingerprint density at radius 1 is 1.64 bits per heavy atom. The average Bonchev–Trinajstić information content (AvgIpc) is 2.07. The standard InChI is InChI=1S/C9H16O2/c1-11-8-9(7-10)5-3-2-4-6-9/h3,5,10H,2,4,6-8H2,1H3. The Kier molecular flexibility index (Phi) is 3.09. The van der Waals surface area contributed by atoms with Crippen LogP contribution in [0.1, 0.15) is 19.3 Å². The number of methoxy groups -OCH3 is 1. The van der Waals surface area contributed by atoms with Crippen LogP contribution < -0.4 is 0 Å². The van der Waals surface area contributed by atoms with E-state index in [1.807, 2.05) is 0 Å². The van der Waals surface area contributed by atoms with E-state index in [9.17, 15) is 0 Å². The fraction of sp³-hybridized carbons (Fsp3) is 0.778. The van der Waals surface area contributed by atoms with E-state index < -0.39 is 0 Å². The zero-order valence-corrected chi connectivity index (χ0v) is 7.05. The largest absolute Gasteiger partial charge is 0.395 e. The molecule has 1 aliphatic rings. The summed E-state index contributed by atoms with van der Waals surface area (Å²) in [4.78, 5) is 0. The maximum Gasteiger partial charge on any atom is 0.0575 e. The molecule has 1 rings (SSSR count). The zero-order chi connectivity index (χ0) is 8.16. The molecule has 0 aromatic heterocycles. The Morgan fingerprint density at radius 2 is 2.45 bits per heavy atom. The molecular weight excluding hydrogens is 140 g/mol. The minimum Gasteiger partial charge on any atom is -0.395 e. The maximum atomic E-state index is 9.14. The van der Waals surface area contributed by atoms with E-state index in [1.165, 1.54) is 6.42 Å². The van der Waals surface area contributed by atoms with Crippen LogP contribution in [0.3, 0.4) is 0 Å². The van der Waals surface area contributed by atoms with E-state index in [4.69, 9.17) is 9.84 Å². The summed E-state index contributed by atoms with van der Waals surface area (Å²) in [5.41, 5.74) is -0.0764. The first-order valence-electron chi connectivity index (χ1n) is 4.10. The predicted octanol–water partition coefficient (Wildman–Crippen LogP) is 1.35. The van der Waals surface area contributed by atoms with Gasteiger partial charge in [-0.15, -0.1) is 0 Å². The third-order valence-electron chi connectivity index (χ3n) is 2.26. The fourth-order valence-electron chi connectivity index (χ4n) is 1.57. The van der Waals surface area contributed by atoms with Gasteiger partial charge in [-0.1, -0.05) is 12.2 Å². The van der Waals surface area contributed by atoms with E-state index in [2.05, 4.69) is 12.2 Å². The molecule has 1 aliphatic carbocycles. The van der Waals surface area contributed by atoms with Gasteiger partial charge in [0.2, 0.25) is 0 Å². The Balaban J connectivity index is 2.57. The van der Waals surface area contributed by atoms with E-state index in [0.29, 0.717) is 6.61 Å². The molecule has 0 radical (unpaired) electrons. The molecule has 2 nitrogen and oxygen atoms in total. The molecule has 0 aromatic carbocycles. The van der Waals surface area contributed by atoms with Gasteiger partial charge in [-0.05, 0) is 19.3 Å².